The van der Waals surface area contributed by atoms with Crippen LogP contribution in [-0.4, -0.2) is 35.9 Å². The molecule has 6 nitrogen and oxygen atoms in total. The third kappa shape index (κ3) is 2.37. The monoisotopic (exact) mass is 254 g/mol. The smallest absolute Gasteiger partial charge is 0.339 e. The zero-order valence-corrected chi connectivity index (χ0v) is 10.3. The van der Waals surface area contributed by atoms with Crippen molar-refractivity contribution in [1.82, 2.24) is 0 Å². The van der Waals surface area contributed by atoms with Crippen molar-refractivity contribution in [2.24, 2.45) is 0 Å². The van der Waals surface area contributed by atoms with E-state index < -0.39 is 11.9 Å². The van der Waals surface area contributed by atoms with Gasteiger partial charge in [-0.3, -0.25) is 0 Å². The van der Waals surface area contributed by atoms with Gasteiger partial charge in [-0.2, -0.15) is 0 Å². The summed E-state index contributed by atoms with van der Waals surface area (Å²) in [5.41, 5.74) is -0.166. The Kier molecular flexibility index (Phi) is 4.14. The number of methoxy groups -OCH3 is 1. The summed E-state index contributed by atoms with van der Waals surface area (Å²) < 4.78 is 10.2. The van der Waals surface area contributed by atoms with Crippen LogP contribution in [0, 0.1) is 6.92 Å². The van der Waals surface area contributed by atoms with Gasteiger partial charge < -0.3 is 19.7 Å². The third-order valence-corrected chi connectivity index (χ3v) is 2.46. The van der Waals surface area contributed by atoms with Gasteiger partial charge in [0.15, 0.2) is 11.5 Å². The highest BCUT2D eigenvalue weighted by molar-refractivity contribution is 5.99. The van der Waals surface area contributed by atoms with Gasteiger partial charge in [-0.15, -0.1) is 0 Å². The molecule has 0 amide bonds. The summed E-state index contributed by atoms with van der Waals surface area (Å²) in [5.74, 6) is -2.32. The van der Waals surface area contributed by atoms with Crippen molar-refractivity contribution >= 4 is 11.9 Å². The zero-order valence-electron chi connectivity index (χ0n) is 10.3. The van der Waals surface area contributed by atoms with Crippen molar-refractivity contribution < 1.29 is 29.3 Å². The quantitative estimate of drug-likeness (QED) is 0.832. The van der Waals surface area contributed by atoms with E-state index in [-0.39, 0.29) is 34.8 Å². The molecule has 0 radical (unpaired) electrons. The van der Waals surface area contributed by atoms with E-state index in [1.165, 1.54) is 20.1 Å². The van der Waals surface area contributed by atoms with Crippen molar-refractivity contribution in [2.75, 3.05) is 13.7 Å². The van der Waals surface area contributed by atoms with Gasteiger partial charge in [0.25, 0.3) is 0 Å². The summed E-state index contributed by atoms with van der Waals surface area (Å²) >= 11 is 0. The molecular weight excluding hydrogens is 240 g/mol. The fourth-order valence-corrected chi connectivity index (χ4v) is 1.65. The lowest BCUT2D eigenvalue weighted by Crippen LogP contribution is -2.11. The molecular formula is C12H14O6. The largest absolute Gasteiger partial charge is 0.493 e. The summed E-state index contributed by atoms with van der Waals surface area (Å²) in [5, 5.41) is 18.2. The average Bonchev–Trinajstić information content (AvgIpc) is 2.28. The van der Waals surface area contributed by atoms with Crippen molar-refractivity contribution in [1.29, 1.82) is 0 Å². The normalized spacial score (nSPS) is 9.94. The molecule has 98 valence electrons. The Bertz CT molecular complexity index is 492. The molecule has 0 heterocycles. The summed E-state index contributed by atoms with van der Waals surface area (Å²) in [6, 6.07) is 1.26. The fraction of sp³-hybridized carbons (Fsp3) is 0.333. The molecule has 1 aromatic rings. The zero-order chi connectivity index (χ0) is 13.9. The Labute approximate surface area is 104 Å². The van der Waals surface area contributed by atoms with E-state index in [9.17, 15) is 14.7 Å². The first-order valence-corrected chi connectivity index (χ1v) is 5.25. The minimum absolute atomic E-state index is 0.0509. The highest BCUT2D eigenvalue weighted by atomic mass is 16.5. The molecule has 0 aliphatic heterocycles. The third-order valence-electron chi connectivity index (χ3n) is 2.46. The van der Waals surface area contributed by atoms with Crippen LogP contribution in [0.15, 0.2) is 6.07 Å². The summed E-state index contributed by atoms with van der Waals surface area (Å²) in [4.78, 5) is 22.3. The number of aromatic carboxylic acids is 2. The molecule has 0 aliphatic carbocycles. The van der Waals surface area contributed by atoms with Gasteiger partial charge in [0.1, 0.15) is 5.56 Å². The molecule has 0 spiro atoms. The molecule has 6 heteroatoms. The lowest BCUT2D eigenvalue weighted by molar-refractivity contribution is 0.0690. The first kappa shape index (κ1) is 13.8. The van der Waals surface area contributed by atoms with Crippen LogP contribution < -0.4 is 9.47 Å². The molecule has 0 unspecified atom stereocenters. The SMILES string of the molecule is CCOc1c(OC)cc(C(=O)O)c(C)c1C(=O)O. The van der Waals surface area contributed by atoms with Crippen molar-refractivity contribution in [3.8, 4) is 11.5 Å². The van der Waals surface area contributed by atoms with Crippen LogP contribution in [0.5, 0.6) is 11.5 Å². The van der Waals surface area contributed by atoms with Crippen LogP contribution in [0.3, 0.4) is 0 Å². The van der Waals surface area contributed by atoms with Gasteiger partial charge >= 0.3 is 11.9 Å². The maximum Gasteiger partial charge on any atom is 0.339 e. The molecule has 1 aromatic carbocycles. The predicted molar refractivity (Wildman–Crippen MR) is 62.8 cm³/mol. The average molecular weight is 254 g/mol. The number of carboxylic acids is 2. The molecule has 1 rings (SSSR count). The summed E-state index contributed by atoms with van der Waals surface area (Å²) in [6.45, 7) is 3.38. The van der Waals surface area contributed by atoms with E-state index in [1.54, 1.807) is 6.92 Å². The second-order valence-electron chi connectivity index (χ2n) is 3.50. The Morgan fingerprint density at radius 2 is 1.89 bits per heavy atom. The number of rotatable bonds is 5. The molecule has 0 saturated heterocycles. The molecule has 0 aliphatic rings. The van der Waals surface area contributed by atoms with Crippen molar-refractivity contribution in [3.05, 3.63) is 22.8 Å². The maximum absolute atomic E-state index is 11.2. The van der Waals surface area contributed by atoms with E-state index in [0.29, 0.717) is 0 Å². The van der Waals surface area contributed by atoms with Gasteiger partial charge in [0.2, 0.25) is 0 Å². The number of hydrogen-bond donors (Lipinski definition) is 2. The Morgan fingerprint density at radius 1 is 1.28 bits per heavy atom. The fourth-order valence-electron chi connectivity index (χ4n) is 1.65. The minimum atomic E-state index is -1.25. The van der Waals surface area contributed by atoms with Gasteiger partial charge in [0.05, 0.1) is 19.3 Å². The van der Waals surface area contributed by atoms with Gasteiger partial charge in [-0.25, -0.2) is 9.59 Å². The lowest BCUT2D eigenvalue weighted by atomic mass is 10.0. The first-order valence-electron chi connectivity index (χ1n) is 5.25. The molecule has 0 fully saturated rings. The van der Waals surface area contributed by atoms with Crippen LogP contribution in [-0.2, 0) is 0 Å². The van der Waals surface area contributed by atoms with E-state index in [0.717, 1.165) is 0 Å². The number of hydrogen-bond acceptors (Lipinski definition) is 4. The van der Waals surface area contributed by atoms with Crippen LogP contribution in [0.4, 0.5) is 0 Å². The topological polar surface area (TPSA) is 93.1 Å². The number of benzene rings is 1. The van der Waals surface area contributed by atoms with Gasteiger partial charge in [-0.05, 0) is 25.5 Å². The van der Waals surface area contributed by atoms with Crippen LogP contribution in [0.1, 0.15) is 33.2 Å². The van der Waals surface area contributed by atoms with Gasteiger partial charge in [-0.1, -0.05) is 0 Å². The molecule has 18 heavy (non-hydrogen) atoms. The molecule has 2 N–H and O–H groups in total. The minimum Gasteiger partial charge on any atom is -0.493 e. The molecule has 0 bridgehead atoms. The van der Waals surface area contributed by atoms with E-state index in [2.05, 4.69) is 0 Å². The maximum atomic E-state index is 11.2. The predicted octanol–water partition coefficient (Wildman–Crippen LogP) is 1.80. The molecule has 0 atom stereocenters. The Hall–Kier alpha value is -2.24. The van der Waals surface area contributed by atoms with Crippen LogP contribution in [0.25, 0.3) is 0 Å². The standard InChI is InChI=1S/C12H14O6/c1-4-18-10-8(17-3)5-7(11(13)14)6(2)9(10)12(15)16/h5H,4H2,1-3H3,(H,13,14)(H,15,16). The molecule has 0 saturated carbocycles. The Balaban J connectivity index is 3.64. The second kappa shape index (κ2) is 5.39. The first-order chi connectivity index (χ1) is 8.43. The van der Waals surface area contributed by atoms with Crippen LogP contribution in [0.2, 0.25) is 0 Å². The lowest BCUT2D eigenvalue weighted by Gasteiger charge is -2.15. The number of ether oxygens (including phenoxy) is 2. The van der Waals surface area contributed by atoms with Gasteiger partial charge in [0, 0.05) is 0 Å². The van der Waals surface area contributed by atoms with Crippen LogP contribution >= 0.6 is 0 Å². The number of carbonyl (C=O) groups is 2. The van der Waals surface area contributed by atoms with Crippen molar-refractivity contribution in [3.63, 3.8) is 0 Å². The summed E-state index contributed by atoms with van der Waals surface area (Å²) in [7, 11) is 1.32. The van der Waals surface area contributed by atoms with E-state index >= 15 is 0 Å². The second-order valence-corrected chi connectivity index (χ2v) is 3.50. The summed E-state index contributed by atoms with van der Waals surface area (Å²) in [6.07, 6.45) is 0. The highest BCUT2D eigenvalue weighted by Crippen LogP contribution is 2.36. The number of carboxylic acid groups (broad SMARTS) is 2. The van der Waals surface area contributed by atoms with E-state index in [1.807, 2.05) is 0 Å². The Morgan fingerprint density at radius 3 is 2.28 bits per heavy atom. The van der Waals surface area contributed by atoms with E-state index in [4.69, 9.17) is 14.6 Å². The molecule has 0 aromatic heterocycles. The highest BCUT2D eigenvalue weighted by Gasteiger charge is 2.24. The van der Waals surface area contributed by atoms with Crippen molar-refractivity contribution in [2.45, 2.75) is 13.8 Å².